The number of aryl methyl sites for hydroxylation is 1. The van der Waals surface area contributed by atoms with Gasteiger partial charge in [0.15, 0.2) is 4.73 Å². The van der Waals surface area contributed by atoms with Gasteiger partial charge in [0.1, 0.15) is 4.60 Å². The fraction of sp³-hybridized carbons (Fsp3) is 0.250. The van der Waals surface area contributed by atoms with Crippen LogP contribution in [0.5, 0.6) is 0 Å². The standard InChI is InChI=1S/C12H12Br2N4/c1-7(4-9-6-15-5-8(2)16-9)10-11(13)17-12(14)18(10)3/h5-6H,1,4H2,2-3H3. The van der Waals surface area contributed by atoms with Crippen LogP contribution in [-0.2, 0) is 13.5 Å². The fourth-order valence-corrected chi connectivity index (χ4v) is 3.03. The van der Waals surface area contributed by atoms with Crippen molar-refractivity contribution in [2.24, 2.45) is 7.05 Å². The van der Waals surface area contributed by atoms with E-state index < -0.39 is 0 Å². The summed E-state index contributed by atoms with van der Waals surface area (Å²) < 4.78 is 3.48. The smallest absolute Gasteiger partial charge is 0.178 e. The molecule has 0 saturated heterocycles. The molecule has 2 rings (SSSR count). The maximum atomic E-state index is 4.42. The van der Waals surface area contributed by atoms with Crippen LogP contribution in [0.2, 0.25) is 0 Å². The molecule has 0 amide bonds. The molecule has 0 aliphatic rings. The Morgan fingerprint density at radius 1 is 1.33 bits per heavy atom. The van der Waals surface area contributed by atoms with E-state index in [0.717, 1.165) is 32.0 Å². The number of hydrogen-bond acceptors (Lipinski definition) is 3. The van der Waals surface area contributed by atoms with Crippen molar-refractivity contribution >= 4 is 37.4 Å². The van der Waals surface area contributed by atoms with Crippen LogP contribution in [0.15, 0.2) is 28.3 Å². The molecule has 0 saturated carbocycles. The van der Waals surface area contributed by atoms with Gasteiger partial charge in [0, 0.05) is 25.9 Å². The summed E-state index contributed by atoms with van der Waals surface area (Å²) in [7, 11) is 1.93. The first-order valence-corrected chi connectivity index (χ1v) is 6.91. The molecule has 18 heavy (non-hydrogen) atoms. The SMILES string of the molecule is C=C(Cc1cncc(C)n1)c1c(Br)nc(Br)n1C. The van der Waals surface area contributed by atoms with Crippen LogP contribution in [0, 0.1) is 6.92 Å². The van der Waals surface area contributed by atoms with Crippen LogP contribution in [-0.4, -0.2) is 19.5 Å². The predicted octanol–water partition coefficient (Wildman–Crippen LogP) is 3.30. The van der Waals surface area contributed by atoms with E-state index in [1.54, 1.807) is 12.4 Å². The van der Waals surface area contributed by atoms with Crippen LogP contribution in [0.25, 0.3) is 5.57 Å². The molecular weight excluding hydrogens is 360 g/mol. The van der Waals surface area contributed by atoms with Gasteiger partial charge >= 0.3 is 0 Å². The Morgan fingerprint density at radius 2 is 2.06 bits per heavy atom. The van der Waals surface area contributed by atoms with Crippen molar-refractivity contribution in [2.45, 2.75) is 13.3 Å². The Kier molecular flexibility index (Phi) is 3.97. The molecular formula is C12H12Br2N4. The van der Waals surface area contributed by atoms with Crippen molar-refractivity contribution in [3.05, 3.63) is 45.4 Å². The average molecular weight is 372 g/mol. The maximum absolute atomic E-state index is 4.42. The van der Waals surface area contributed by atoms with Gasteiger partial charge in [-0.25, -0.2) is 4.98 Å². The lowest BCUT2D eigenvalue weighted by Crippen LogP contribution is -2.01. The topological polar surface area (TPSA) is 43.6 Å². The quantitative estimate of drug-likeness (QED) is 0.831. The van der Waals surface area contributed by atoms with Crippen LogP contribution in [0.4, 0.5) is 0 Å². The maximum Gasteiger partial charge on any atom is 0.178 e. The molecule has 0 aromatic carbocycles. The number of rotatable bonds is 3. The highest BCUT2D eigenvalue weighted by molar-refractivity contribution is 9.11. The molecule has 4 nitrogen and oxygen atoms in total. The van der Waals surface area contributed by atoms with Crippen LogP contribution >= 0.6 is 31.9 Å². The summed E-state index contributed by atoms with van der Waals surface area (Å²) in [6.07, 6.45) is 4.15. The van der Waals surface area contributed by atoms with Gasteiger partial charge in [-0.2, -0.15) is 0 Å². The Bertz CT molecular complexity index is 604. The predicted molar refractivity (Wildman–Crippen MR) is 78.1 cm³/mol. The Balaban J connectivity index is 2.27. The molecule has 0 radical (unpaired) electrons. The second-order valence-corrected chi connectivity index (χ2v) is 5.47. The molecule has 2 aromatic rings. The lowest BCUT2D eigenvalue weighted by atomic mass is 10.1. The minimum atomic E-state index is 0.652. The minimum absolute atomic E-state index is 0.652. The van der Waals surface area contributed by atoms with Crippen molar-refractivity contribution in [3.63, 3.8) is 0 Å². The van der Waals surface area contributed by atoms with Crippen molar-refractivity contribution in [2.75, 3.05) is 0 Å². The van der Waals surface area contributed by atoms with Crippen molar-refractivity contribution in [1.29, 1.82) is 0 Å². The van der Waals surface area contributed by atoms with Gasteiger partial charge < -0.3 is 4.57 Å². The largest absolute Gasteiger partial charge is 0.321 e. The highest BCUT2D eigenvalue weighted by Gasteiger charge is 2.14. The highest BCUT2D eigenvalue weighted by atomic mass is 79.9. The van der Waals surface area contributed by atoms with Gasteiger partial charge in [0.05, 0.1) is 17.1 Å². The van der Waals surface area contributed by atoms with Crippen molar-refractivity contribution in [3.8, 4) is 0 Å². The first-order valence-electron chi connectivity index (χ1n) is 5.32. The van der Waals surface area contributed by atoms with Crippen molar-refractivity contribution < 1.29 is 0 Å². The van der Waals surface area contributed by atoms with Gasteiger partial charge in [0.2, 0.25) is 0 Å². The summed E-state index contributed by atoms with van der Waals surface area (Å²) in [5, 5.41) is 0. The molecule has 0 aliphatic heterocycles. The van der Waals surface area contributed by atoms with Crippen LogP contribution in [0.1, 0.15) is 17.1 Å². The summed E-state index contributed by atoms with van der Waals surface area (Å²) in [4.78, 5) is 12.8. The van der Waals surface area contributed by atoms with Crippen LogP contribution < -0.4 is 0 Å². The van der Waals surface area contributed by atoms with E-state index in [9.17, 15) is 0 Å². The summed E-state index contributed by atoms with van der Waals surface area (Å²) >= 11 is 6.82. The average Bonchev–Trinajstić information content (AvgIpc) is 2.53. The molecule has 6 heteroatoms. The van der Waals surface area contributed by atoms with E-state index in [2.05, 4.69) is 53.4 Å². The van der Waals surface area contributed by atoms with Gasteiger partial charge in [-0.05, 0) is 44.4 Å². The second kappa shape index (κ2) is 5.32. The molecule has 2 aromatic heterocycles. The molecule has 0 N–H and O–H groups in total. The van der Waals surface area contributed by atoms with E-state index in [1.165, 1.54) is 0 Å². The lowest BCUT2D eigenvalue weighted by Gasteiger charge is -2.07. The third-order valence-electron chi connectivity index (χ3n) is 2.53. The molecule has 0 unspecified atom stereocenters. The van der Waals surface area contributed by atoms with Crippen molar-refractivity contribution in [1.82, 2.24) is 19.5 Å². The Hall–Kier alpha value is -1.01. The third-order valence-corrected chi connectivity index (χ3v) is 3.79. The summed E-state index contributed by atoms with van der Waals surface area (Å²) in [6, 6.07) is 0. The van der Waals surface area contributed by atoms with E-state index in [0.29, 0.717) is 6.42 Å². The van der Waals surface area contributed by atoms with Gasteiger partial charge in [-0.15, -0.1) is 0 Å². The molecule has 0 spiro atoms. The Labute approximate surface area is 122 Å². The summed E-state index contributed by atoms with van der Waals surface area (Å²) in [6.45, 7) is 6.03. The number of allylic oxidation sites excluding steroid dienone is 1. The monoisotopic (exact) mass is 370 g/mol. The zero-order chi connectivity index (χ0) is 13.3. The number of hydrogen-bond donors (Lipinski definition) is 0. The first-order chi connectivity index (χ1) is 8.49. The first kappa shape index (κ1) is 13.4. The third kappa shape index (κ3) is 2.70. The van der Waals surface area contributed by atoms with E-state index in [-0.39, 0.29) is 0 Å². The zero-order valence-electron chi connectivity index (χ0n) is 10.1. The zero-order valence-corrected chi connectivity index (χ0v) is 13.3. The van der Waals surface area contributed by atoms with Crippen LogP contribution in [0.3, 0.4) is 0 Å². The minimum Gasteiger partial charge on any atom is -0.321 e. The van der Waals surface area contributed by atoms with Gasteiger partial charge in [0.25, 0.3) is 0 Å². The van der Waals surface area contributed by atoms with Gasteiger partial charge in [-0.3, -0.25) is 9.97 Å². The van der Waals surface area contributed by atoms with E-state index in [4.69, 9.17) is 0 Å². The van der Waals surface area contributed by atoms with Gasteiger partial charge in [-0.1, -0.05) is 6.58 Å². The molecule has 0 atom stereocenters. The summed E-state index contributed by atoms with van der Waals surface area (Å²) in [5.74, 6) is 0. The number of halogens is 2. The highest BCUT2D eigenvalue weighted by Crippen LogP contribution is 2.27. The molecule has 0 aliphatic carbocycles. The number of nitrogens with zero attached hydrogens (tertiary/aromatic N) is 4. The lowest BCUT2D eigenvalue weighted by molar-refractivity contribution is 0.860. The molecule has 0 bridgehead atoms. The van der Waals surface area contributed by atoms with E-state index >= 15 is 0 Å². The molecule has 2 heterocycles. The van der Waals surface area contributed by atoms with E-state index in [1.807, 2.05) is 18.5 Å². The number of aromatic nitrogens is 4. The summed E-state index contributed by atoms with van der Waals surface area (Å²) in [5.41, 5.74) is 3.72. The Morgan fingerprint density at radius 3 is 2.61 bits per heavy atom. The molecule has 94 valence electrons. The fourth-order valence-electron chi connectivity index (χ4n) is 1.73. The normalized spacial score (nSPS) is 10.7. The number of imidazole rings is 1. The second-order valence-electron chi connectivity index (χ2n) is 4.01. The molecule has 0 fully saturated rings.